The van der Waals surface area contributed by atoms with E-state index in [2.05, 4.69) is 15.6 Å². The molecule has 6 nitrogen and oxygen atoms in total. The number of piperidine rings is 1. The van der Waals surface area contributed by atoms with E-state index in [-0.39, 0.29) is 5.91 Å². The molecular formula is C12H20N4O2. The maximum atomic E-state index is 11.7. The third-order valence-electron chi connectivity index (χ3n) is 3.08. The van der Waals surface area contributed by atoms with Gasteiger partial charge in [0.25, 0.3) is 5.91 Å². The zero-order valence-corrected chi connectivity index (χ0v) is 10.7. The van der Waals surface area contributed by atoms with Crippen LogP contribution in [0.3, 0.4) is 0 Å². The average Bonchev–Trinajstić information content (AvgIpc) is 2.82. The summed E-state index contributed by atoms with van der Waals surface area (Å²) in [6, 6.07) is 0. The highest BCUT2D eigenvalue weighted by Crippen LogP contribution is 2.06. The van der Waals surface area contributed by atoms with Crippen LogP contribution in [0.2, 0.25) is 0 Å². The summed E-state index contributed by atoms with van der Waals surface area (Å²) < 4.78 is 7.40. The second-order valence-corrected chi connectivity index (χ2v) is 4.47. The third kappa shape index (κ3) is 3.54. The molecule has 0 radical (unpaired) electrons. The highest BCUT2D eigenvalue weighted by Gasteiger charge is 2.13. The molecule has 0 bridgehead atoms. The minimum atomic E-state index is -0.107. The average molecular weight is 252 g/mol. The van der Waals surface area contributed by atoms with Gasteiger partial charge in [-0.3, -0.25) is 4.79 Å². The molecular weight excluding hydrogens is 232 g/mol. The lowest BCUT2D eigenvalue weighted by molar-refractivity contribution is 0.0343. The lowest BCUT2D eigenvalue weighted by Gasteiger charge is -2.22. The first-order valence-corrected chi connectivity index (χ1v) is 6.34. The molecule has 0 atom stereocenters. The van der Waals surface area contributed by atoms with Crippen LogP contribution in [0.25, 0.3) is 0 Å². The van der Waals surface area contributed by atoms with Gasteiger partial charge in [0.15, 0.2) is 0 Å². The van der Waals surface area contributed by atoms with Crippen LogP contribution in [0, 0.1) is 0 Å². The van der Waals surface area contributed by atoms with Crippen molar-refractivity contribution >= 4 is 5.91 Å². The predicted molar refractivity (Wildman–Crippen MR) is 67.4 cm³/mol. The van der Waals surface area contributed by atoms with E-state index in [1.54, 1.807) is 24.1 Å². The minimum Gasteiger partial charge on any atom is -0.376 e. The predicted octanol–water partition coefficient (Wildman–Crippen LogP) is -0.0815. The number of aryl methyl sites for hydroxylation is 1. The molecule has 1 aromatic heterocycles. The van der Waals surface area contributed by atoms with E-state index >= 15 is 0 Å². The van der Waals surface area contributed by atoms with Crippen molar-refractivity contribution in [3.63, 3.8) is 0 Å². The first-order chi connectivity index (χ1) is 8.77. The number of ether oxygens (including phenoxy) is 1. The first-order valence-electron chi connectivity index (χ1n) is 6.34. The van der Waals surface area contributed by atoms with Crippen molar-refractivity contribution in [2.75, 3.05) is 26.2 Å². The zero-order chi connectivity index (χ0) is 12.8. The van der Waals surface area contributed by atoms with Crippen LogP contribution in [0.5, 0.6) is 0 Å². The Morgan fingerprint density at radius 3 is 3.06 bits per heavy atom. The van der Waals surface area contributed by atoms with Crippen LogP contribution in [-0.2, 0) is 11.8 Å². The molecule has 1 aliphatic rings. The molecule has 0 spiro atoms. The van der Waals surface area contributed by atoms with Gasteiger partial charge in [0.2, 0.25) is 0 Å². The number of nitrogens with zero attached hydrogens (tertiary/aromatic N) is 2. The van der Waals surface area contributed by atoms with Gasteiger partial charge in [-0.2, -0.15) is 0 Å². The van der Waals surface area contributed by atoms with Gasteiger partial charge in [0, 0.05) is 13.6 Å². The summed E-state index contributed by atoms with van der Waals surface area (Å²) in [7, 11) is 1.80. The van der Waals surface area contributed by atoms with Crippen LogP contribution < -0.4 is 10.6 Å². The normalized spacial score (nSPS) is 16.7. The maximum absolute atomic E-state index is 11.7. The van der Waals surface area contributed by atoms with Crippen molar-refractivity contribution in [2.24, 2.45) is 7.05 Å². The Bertz CT molecular complexity index is 385. The number of carbonyl (C=O) groups excluding carboxylic acids is 1. The van der Waals surface area contributed by atoms with E-state index < -0.39 is 0 Å². The Balaban J connectivity index is 1.63. The van der Waals surface area contributed by atoms with Gasteiger partial charge in [-0.05, 0) is 25.9 Å². The summed E-state index contributed by atoms with van der Waals surface area (Å²) >= 11 is 0. The van der Waals surface area contributed by atoms with Crippen molar-refractivity contribution in [3.8, 4) is 0 Å². The second-order valence-electron chi connectivity index (χ2n) is 4.47. The van der Waals surface area contributed by atoms with Crippen LogP contribution in [-0.4, -0.2) is 47.8 Å². The molecule has 1 aromatic rings. The van der Waals surface area contributed by atoms with Crippen LogP contribution in [0.1, 0.15) is 23.3 Å². The van der Waals surface area contributed by atoms with E-state index in [0.717, 1.165) is 25.9 Å². The summed E-state index contributed by atoms with van der Waals surface area (Å²) in [6.45, 7) is 3.14. The Morgan fingerprint density at radius 2 is 2.39 bits per heavy atom. The number of amides is 1. The molecule has 2 heterocycles. The van der Waals surface area contributed by atoms with E-state index in [1.807, 2.05) is 0 Å². The van der Waals surface area contributed by atoms with Gasteiger partial charge in [-0.25, -0.2) is 4.98 Å². The van der Waals surface area contributed by atoms with Gasteiger partial charge in [-0.15, -0.1) is 0 Å². The van der Waals surface area contributed by atoms with Crippen molar-refractivity contribution in [3.05, 3.63) is 18.2 Å². The highest BCUT2D eigenvalue weighted by atomic mass is 16.5. The molecule has 1 aliphatic heterocycles. The van der Waals surface area contributed by atoms with Crippen molar-refractivity contribution in [2.45, 2.75) is 18.9 Å². The Hall–Kier alpha value is -1.40. The molecule has 1 amide bonds. The molecule has 18 heavy (non-hydrogen) atoms. The number of carbonyl (C=O) groups is 1. The molecule has 0 aromatic carbocycles. The second kappa shape index (κ2) is 6.51. The highest BCUT2D eigenvalue weighted by molar-refractivity contribution is 5.92. The van der Waals surface area contributed by atoms with Crippen molar-refractivity contribution < 1.29 is 9.53 Å². The topological polar surface area (TPSA) is 68.2 Å². The standard InChI is InChI=1S/C12H20N4O2/c1-16-9-14-8-11(16)12(17)15-6-7-18-10-2-4-13-5-3-10/h8-10,13H,2-7H2,1H3,(H,15,17). The summed E-state index contributed by atoms with van der Waals surface area (Å²) in [6.07, 6.45) is 5.61. The number of nitrogens with one attached hydrogen (secondary N) is 2. The van der Waals surface area contributed by atoms with Crippen LogP contribution in [0.15, 0.2) is 12.5 Å². The van der Waals surface area contributed by atoms with Crippen molar-refractivity contribution in [1.29, 1.82) is 0 Å². The summed E-state index contributed by atoms with van der Waals surface area (Å²) in [5.41, 5.74) is 0.567. The largest absolute Gasteiger partial charge is 0.376 e. The van der Waals surface area contributed by atoms with Crippen LogP contribution in [0.4, 0.5) is 0 Å². The molecule has 2 rings (SSSR count). The molecule has 0 unspecified atom stereocenters. The molecule has 1 fully saturated rings. The van der Waals surface area contributed by atoms with E-state index in [0.29, 0.717) is 24.9 Å². The molecule has 1 saturated heterocycles. The lowest BCUT2D eigenvalue weighted by atomic mass is 10.1. The Kier molecular flexibility index (Phi) is 4.72. The molecule has 2 N–H and O–H groups in total. The number of imidazole rings is 1. The molecule has 6 heteroatoms. The SMILES string of the molecule is Cn1cncc1C(=O)NCCOC1CCNCC1. The van der Waals surface area contributed by atoms with Gasteiger partial charge in [0.05, 0.1) is 25.2 Å². The fraction of sp³-hybridized carbons (Fsp3) is 0.667. The van der Waals surface area contributed by atoms with Gasteiger partial charge < -0.3 is 19.9 Å². The number of rotatable bonds is 5. The summed E-state index contributed by atoms with van der Waals surface area (Å²) in [5, 5.41) is 6.11. The fourth-order valence-electron chi connectivity index (χ4n) is 2.02. The number of hydrogen-bond donors (Lipinski definition) is 2. The lowest BCUT2D eigenvalue weighted by Crippen LogP contribution is -2.35. The monoisotopic (exact) mass is 252 g/mol. The Morgan fingerprint density at radius 1 is 1.61 bits per heavy atom. The first kappa shape index (κ1) is 13.0. The quantitative estimate of drug-likeness (QED) is 0.719. The van der Waals surface area contributed by atoms with Crippen molar-refractivity contribution in [1.82, 2.24) is 20.2 Å². The summed E-state index contributed by atoms with van der Waals surface area (Å²) in [4.78, 5) is 15.6. The van der Waals surface area contributed by atoms with E-state index in [1.165, 1.54) is 0 Å². The third-order valence-corrected chi connectivity index (χ3v) is 3.08. The van der Waals surface area contributed by atoms with Gasteiger partial charge in [-0.1, -0.05) is 0 Å². The van der Waals surface area contributed by atoms with E-state index in [4.69, 9.17) is 4.74 Å². The number of aromatic nitrogens is 2. The number of hydrogen-bond acceptors (Lipinski definition) is 4. The van der Waals surface area contributed by atoms with Gasteiger partial charge >= 0.3 is 0 Å². The molecule has 100 valence electrons. The molecule has 0 aliphatic carbocycles. The van der Waals surface area contributed by atoms with Gasteiger partial charge in [0.1, 0.15) is 5.69 Å². The smallest absolute Gasteiger partial charge is 0.269 e. The minimum absolute atomic E-state index is 0.107. The summed E-state index contributed by atoms with van der Waals surface area (Å²) in [5.74, 6) is -0.107. The fourth-order valence-corrected chi connectivity index (χ4v) is 2.02. The zero-order valence-electron chi connectivity index (χ0n) is 10.7. The molecule has 0 saturated carbocycles. The maximum Gasteiger partial charge on any atom is 0.269 e. The Labute approximate surface area is 107 Å². The van der Waals surface area contributed by atoms with Crippen LogP contribution >= 0.6 is 0 Å². The van der Waals surface area contributed by atoms with E-state index in [9.17, 15) is 4.79 Å².